The summed E-state index contributed by atoms with van der Waals surface area (Å²) in [6.07, 6.45) is 2.64. The molecule has 38 heavy (non-hydrogen) atoms. The number of amides is 2. The number of nitrogens with zero attached hydrogens (tertiary/aromatic N) is 2. The van der Waals surface area contributed by atoms with E-state index in [0.717, 1.165) is 24.0 Å². The van der Waals surface area contributed by atoms with Gasteiger partial charge in [0, 0.05) is 6.42 Å². The number of anilines is 2. The van der Waals surface area contributed by atoms with E-state index in [4.69, 9.17) is 9.26 Å². The molecular weight excluding hydrogens is 488 g/mol. The minimum Gasteiger partial charge on any atom is -0.481 e. The van der Waals surface area contributed by atoms with Gasteiger partial charge in [-0.05, 0) is 56.9 Å². The molecule has 0 bridgehead atoms. The van der Waals surface area contributed by atoms with Gasteiger partial charge >= 0.3 is 12.1 Å². The number of carbonyl (C=O) groups excluding carboxylic acids is 2. The minimum atomic E-state index is -0.940. The van der Waals surface area contributed by atoms with Crippen LogP contribution >= 0.6 is 0 Å². The highest BCUT2D eigenvalue weighted by Crippen LogP contribution is 2.33. The van der Waals surface area contributed by atoms with E-state index in [-0.39, 0.29) is 18.3 Å². The van der Waals surface area contributed by atoms with Gasteiger partial charge in [-0.25, -0.2) is 9.78 Å². The van der Waals surface area contributed by atoms with E-state index in [1.54, 1.807) is 26.0 Å². The summed E-state index contributed by atoms with van der Waals surface area (Å²) in [4.78, 5) is 41.5. The zero-order valence-electron chi connectivity index (χ0n) is 21.7. The lowest BCUT2D eigenvalue weighted by Crippen LogP contribution is -2.36. The van der Waals surface area contributed by atoms with Gasteiger partial charge in [0.25, 0.3) is 0 Å². The molecule has 0 radical (unpaired) electrons. The zero-order chi connectivity index (χ0) is 27.2. The second-order valence-electron chi connectivity index (χ2n) is 9.56. The molecule has 4 rings (SSSR count). The number of aryl methyl sites for hydroxylation is 3. The Morgan fingerprint density at radius 1 is 1.00 bits per heavy atom. The van der Waals surface area contributed by atoms with Crippen LogP contribution in [0.4, 0.5) is 16.2 Å². The smallest absolute Gasteiger partial charge is 0.411 e. The fourth-order valence-electron chi connectivity index (χ4n) is 4.76. The molecule has 0 saturated heterocycles. The van der Waals surface area contributed by atoms with Crippen LogP contribution in [0.25, 0.3) is 11.5 Å². The van der Waals surface area contributed by atoms with Crippen LogP contribution in [0.2, 0.25) is 0 Å². The van der Waals surface area contributed by atoms with Gasteiger partial charge in [0.2, 0.25) is 11.7 Å². The lowest BCUT2D eigenvalue weighted by atomic mass is 9.78. The average molecular weight is 521 g/mol. The van der Waals surface area contributed by atoms with Gasteiger partial charge in [0.15, 0.2) is 0 Å². The summed E-state index contributed by atoms with van der Waals surface area (Å²) in [6.45, 7) is 5.65. The van der Waals surface area contributed by atoms with E-state index >= 15 is 0 Å². The predicted octanol–water partition coefficient (Wildman–Crippen LogP) is 5.28. The maximum atomic E-state index is 12.9. The molecule has 3 aromatic rings. The van der Waals surface area contributed by atoms with E-state index in [1.165, 1.54) is 0 Å². The molecule has 2 amide bonds. The largest absolute Gasteiger partial charge is 0.481 e. The molecule has 2 heterocycles. The average Bonchev–Trinajstić information content (AvgIpc) is 3.26. The Morgan fingerprint density at radius 3 is 2.45 bits per heavy atom. The summed E-state index contributed by atoms with van der Waals surface area (Å²) in [7, 11) is 0. The third-order valence-corrected chi connectivity index (χ3v) is 6.95. The molecule has 0 unspecified atom stereocenters. The number of aliphatic carboxylic acids is 1. The van der Waals surface area contributed by atoms with E-state index < -0.39 is 23.9 Å². The van der Waals surface area contributed by atoms with Crippen LogP contribution in [0.3, 0.4) is 0 Å². The van der Waals surface area contributed by atoms with Crippen molar-refractivity contribution < 1.29 is 28.8 Å². The molecule has 200 valence electrons. The lowest BCUT2D eigenvalue weighted by Gasteiger charge is -2.27. The number of carboxylic acids is 1. The Balaban J connectivity index is 1.41. The molecular formula is C28H32N4O6. The van der Waals surface area contributed by atoms with Gasteiger partial charge in [0.05, 0.1) is 29.8 Å². The Kier molecular flexibility index (Phi) is 8.40. The van der Waals surface area contributed by atoms with Gasteiger partial charge in [-0.1, -0.05) is 42.3 Å². The fraction of sp³-hybridized carbons (Fsp3) is 0.393. The van der Waals surface area contributed by atoms with Crippen molar-refractivity contribution in [2.45, 2.75) is 52.9 Å². The number of hydrogen-bond donors (Lipinski definition) is 3. The van der Waals surface area contributed by atoms with Crippen LogP contribution in [-0.4, -0.2) is 39.8 Å². The zero-order valence-corrected chi connectivity index (χ0v) is 21.7. The molecule has 10 nitrogen and oxygen atoms in total. The van der Waals surface area contributed by atoms with Crippen molar-refractivity contribution in [2.75, 3.05) is 17.2 Å². The van der Waals surface area contributed by atoms with Crippen LogP contribution in [0.5, 0.6) is 0 Å². The Morgan fingerprint density at radius 2 is 1.74 bits per heavy atom. The molecule has 2 aromatic heterocycles. The third kappa shape index (κ3) is 6.19. The van der Waals surface area contributed by atoms with Crippen LogP contribution in [-0.2, 0) is 20.7 Å². The molecule has 1 fully saturated rings. The molecule has 10 heteroatoms. The highest BCUT2D eigenvalue weighted by atomic mass is 16.5. The first kappa shape index (κ1) is 26.8. The van der Waals surface area contributed by atoms with Crippen molar-refractivity contribution in [1.29, 1.82) is 0 Å². The molecule has 1 saturated carbocycles. The number of ether oxygens (including phenoxy) is 1. The summed E-state index contributed by atoms with van der Waals surface area (Å²) in [5.74, 6) is -2.26. The van der Waals surface area contributed by atoms with Crippen LogP contribution in [0, 0.1) is 32.6 Å². The monoisotopic (exact) mass is 520 g/mol. The maximum absolute atomic E-state index is 12.9. The minimum absolute atomic E-state index is 0.214. The molecule has 0 spiro atoms. The first-order chi connectivity index (χ1) is 18.2. The van der Waals surface area contributed by atoms with Gasteiger partial charge in [-0.3, -0.25) is 14.9 Å². The molecule has 1 aromatic carbocycles. The Hall–Kier alpha value is -4.21. The first-order valence-electron chi connectivity index (χ1n) is 12.7. The maximum Gasteiger partial charge on any atom is 0.411 e. The molecule has 2 atom stereocenters. The van der Waals surface area contributed by atoms with Crippen molar-refractivity contribution in [3.8, 4) is 11.5 Å². The van der Waals surface area contributed by atoms with E-state index in [0.29, 0.717) is 47.7 Å². The van der Waals surface area contributed by atoms with Crippen molar-refractivity contribution >= 4 is 29.3 Å². The standard InChI is InChI=1S/C28H32N4O6/c1-16-8-4-5-9-19(16)14-15-37-28(36)31-24-18(3)32-38-25(24)23-13-12-22(17(2)29-23)30-26(33)20-10-6-7-11-21(20)27(34)35/h4-5,8-9,12-13,20-21H,6-7,10-11,14-15H2,1-3H3,(H,30,33)(H,31,36)(H,34,35)/t20-,21-/m0/s1. The van der Waals surface area contributed by atoms with Crippen molar-refractivity contribution in [3.05, 3.63) is 58.9 Å². The second-order valence-corrected chi connectivity index (χ2v) is 9.56. The molecule has 1 aliphatic rings. The summed E-state index contributed by atoms with van der Waals surface area (Å²) in [6, 6.07) is 11.2. The predicted molar refractivity (Wildman–Crippen MR) is 141 cm³/mol. The van der Waals surface area contributed by atoms with E-state index in [2.05, 4.69) is 20.8 Å². The summed E-state index contributed by atoms with van der Waals surface area (Å²) in [5, 5.41) is 19.0. The number of carboxylic acid groups (broad SMARTS) is 1. The Labute approximate surface area is 220 Å². The van der Waals surface area contributed by atoms with Gasteiger partial charge in [0.1, 0.15) is 17.1 Å². The number of pyridine rings is 1. The van der Waals surface area contributed by atoms with Crippen LogP contribution < -0.4 is 10.6 Å². The highest BCUT2D eigenvalue weighted by Gasteiger charge is 2.36. The molecule has 0 aliphatic heterocycles. The topological polar surface area (TPSA) is 144 Å². The summed E-state index contributed by atoms with van der Waals surface area (Å²) >= 11 is 0. The van der Waals surface area contributed by atoms with Crippen LogP contribution in [0.15, 0.2) is 40.9 Å². The number of rotatable bonds is 8. The van der Waals surface area contributed by atoms with E-state index in [9.17, 15) is 19.5 Å². The third-order valence-electron chi connectivity index (χ3n) is 6.95. The SMILES string of the molecule is Cc1ccccc1CCOC(=O)Nc1c(C)noc1-c1ccc(NC(=O)[C@H]2CCCC[C@@H]2C(=O)O)c(C)n1. The van der Waals surface area contributed by atoms with Crippen LogP contribution in [0.1, 0.15) is 48.2 Å². The second kappa shape index (κ2) is 11.9. The summed E-state index contributed by atoms with van der Waals surface area (Å²) < 4.78 is 10.8. The van der Waals surface area contributed by atoms with Gasteiger partial charge in [-0.15, -0.1) is 0 Å². The number of carbonyl (C=O) groups is 3. The van der Waals surface area contributed by atoms with Crippen molar-refractivity contribution in [2.24, 2.45) is 11.8 Å². The number of nitrogens with one attached hydrogen (secondary N) is 2. The Bertz CT molecular complexity index is 1330. The molecule has 1 aliphatic carbocycles. The number of aromatic nitrogens is 2. The highest BCUT2D eigenvalue weighted by molar-refractivity contribution is 5.96. The van der Waals surface area contributed by atoms with Gasteiger partial charge in [-0.2, -0.15) is 0 Å². The lowest BCUT2D eigenvalue weighted by molar-refractivity contribution is -0.147. The molecule has 3 N–H and O–H groups in total. The summed E-state index contributed by atoms with van der Waals surface area (Å²) in [5.41, 5.74) is 4.46. The van der Waals surface area contributed by atoms with Crippen molar-refractivity contribution in [3.63, 3.8) is 0 Å². The van der Waals surface area contributed by atoms with Crippen molar-refractivity contribution in [1.82, 2.24) is 10.1 Å². The van der Waals surface area contributed by atoms with Gasteiger partial charge < -0.3 is 19.7 Å². The first-order valence-corrected chi connectivity index (χ1v) is 12.7. The number of benzene rings is 1. The normalized spacial score (nSPS) is 17.0. The van der Waals surface area contributed by atoms with E-state index in [1.807, 2.05) is 31.2 Å². The fourth-order valence-corrected chi connectivity index (χ4v) is 4.76. The quantitative estimate of drug-likeness (QED) is 0.364. The number of hydrogen-bond acceptors (Lipinski definition) is 7.